The largest absolute Gasteiger partial charge is 0.481 e. The first-order valence-electron chi connectivity index (χ1n) is 7.76. The Morgan fingerprint density at radius 3 is 2.91 bits per heavy atom. The number of piperidine rings is 1. The number of carboxylic acid groups (broad SMARTS) is 1. The number of carboxylic acids is 1. The molecule has 2 N–H and O–H groups in total. The zero-order valence-electron chi connectivity index (χ0n) is 13.1. The third-order valence-corrected chi connectivity index (χ3v) is 4.07. The fourth-order valence-electron chi connectivity index (χ4n) is 2.88. The molecule has 0 aliphatic carbocycles. The summed E-state index contributed by atoms with van der Waals surface area (Å²) in [4.78, 5) is 25.1. The van der Waals surface area contributed by atoms with Crippen LogP contribution in [-0.2, 0) is 11.2 Å². The first-order valence-corrected chi connectivity index (χ1v) is 7.76. The number of hydrogen-bond donors (Lipinski definition) is 2. The second-order valence-corrected chi connectivity index (χ2v) is 6.25. The van der Waals surface area contributed by atoms with Gasteiger partial charge in [0.1, 0.15) is 5.76 Å². The number of carbonyl (C=O) groups is 2. The number of aryl methyl sites for hydroxylation is 1. The number of urea groups is 1. The highest BCUT2D eigenvalue weighted by Gasteiger charge is 2.32. The van der Waals surface area contributed by atoms with Crippen LogP contribution in [0, 0.1) is 11.8 Å². The third kappa shape index (κ3) is 4.51. The summed E-state index contributed by atoms with van der Waals surface area (Å²) in [6.07, 6.45) is 3.82. The van der Waals surface area contributed by atoms with Crippen molar-refractivity contribution >= 4 is 12.0 Å². The van der Waals surface area contributed by atoms with E-state index in [1.807, 2.05) is 26.0 Å². The van der Waals surface area contributed by atoms with Crippen LogP contribution in [0.1, 0.15) is 32.4 Å². The van der Waals surface area contributed by atoms with Gasteiger partial charge in [0.05, 0.1) is 12.2 Å². The van der Waals surface area contributed by atoms with Crippen LogP contribution >= 0.6 is 0 Å². The Morgan fingerprint density at radius 2 is 2.27 bits per heavy atom. The van der Waals surface area contributed by atoms with Crippen molar-refractivity contribution in [3.05, 3.63) is 24.2 Å². The molecule has 122 valence electrons. The molecule has 6 nitrogen and oxygen atoms in total. The zero-order chi connectivity index (χ0) is 16.1. The lowest BCUT2D eigenvalue weighted by Gasteiger charge is -2.35. The van der Waals surface area contributed by atoms with Gasteiger partial charge in [-0.2, -0.15) is 0 Å². The second-order valence-electron chi connectivity index (χ2n) is 6.25. The Labute approximate surface area is 130 Å². The van der Waals surface area contributed by atoms with E-state index in [-0.39, 0.29) is 24.5 Å². The minimum absolute atomic E-state index is 0.0121. The van der Waals surface area contributed by atoms with Gasteiger partial charge in [-0.05, 0) is 37.8 Å². The van der Waals surface area contributed by atoms with E-state index in [4.69, 9.17) is 9.52 Å². The lowest BCUT2D eigenvalue weighted by atomic mass is 9.91. The summed E-state index contributed by atoms with van der Waals surface area (Å²) in [5, 5.41) is 12.1. The zero-order valence-corrected chi connectivity index (χ0v) is 13.1. The molecule has 2 heterocycles. The van der Waals surface area contributed by atoms with Gasteiger partial charge in [0.15, 0.2) is 0 Å². The molecule has 2 rings (SSSR count). The Bertz CT molecular complexity index is 500. The predicted octanol–water partition coefficient (Wildman–Crippen LogP) is 2.35. The van der Waals surface area contributed by atoms with Crippen LogP contribution in [0.25, 0.3) is 0 Å². The van der Waals surface area contributed by atoms with Crippen LogP contribution in [0.15, 0.2) is 22.8 Å². The molecule has 0 bridgehead atoms. The van der Waals surface area contributed by atoms with Gasteiger partial charge in [-0.25, -0.2) is 4.79 Å². The summed E-state index contributed by atoms with van der Waals surface area (Å²) in [6, 6.07) is 3.60. The average molecular weight is 308 g/mol. The van der Waals surface area contributed by atoms with Gasteiger partial charge in [0, 0.05) is 25.6 Å². The number of aliphatic carboxylic acids is 1. The summed E-state index contributed by atoms with van der Waals surface area (Å²) in [6.45, 7) is 4.83. The van der Waals surface area contributed by atoms with Crippen LogP contribution in [0.4, 0.5) is 4.79 Å². The number of hydrogen-bond acceptors (Lipinski definition) is 3. The van der Waals surface area contributed by atoms with E-state index in [1.165, 1.54) is 0 Å². The van der Waals surface area contributed by atoms with Crippen molar-refractivity contribution < 1.29 is 19.1 Å². The van der Waals surface area contributed by atoms with Gasteiger partial charge in [-0.3, -0.25) is 4.79 Å². The fourth-order valence-corrected chi connectivity index (χ4v) is 2.88. The molecule has 0 spiro atoms. The maximum atomic E-state index is 12.3. The summed E-state index contributed by atoms with van der Waals surface area (Å²) >= 11 is 0. The van der Waals surface area contributed by atoms with E-state index in [9.17, 15) is 9.59 Å². The quantitative estimate of drug-likeness (QED) is 0.874. The molecule has 3 unspecified atom stereocenters. The van der Waals surface area contributed by atoms with Gasteiger partial charge in [0.2, 0.25) is 0 Å². The molecule has 1 aliphatic heterocycles. The summed E-state index contributed by atoms with van der Waals surface area (Å²) in [5.74, 6) is -0.180. The van der Waals surface area contributed by atoms with Crippen LogP contribution in [-0.4, -0.2) is 41.1 Å². The molecule has 1 aromatic heterocycles. The molecular weight excluding hydrogens is 284 g/mol. The SMILES string of the molecule is CC1CC(C(=O)O)CN(C(=O)NC(C)CCc2ccco2)C1. The molecule has 1 fully saturated rings. The number of carbonyl (C=O) groups excluding carboxylic acids is 1. The second kappa shape index (κ2) is 7.33. The van der Waals surface area contributed by atoms with Crippen LogP contribution in [0.3, 0.4) is 0 Å². The first-order chi connectivity index (χ1) is 10.5. The highest BCUT2D eigenvalue weighted by molar-refractivity contribution is 5.76. The minimum Gasteiger partial charge on any atom is -0.481 e. The molecule has 1 aliphatic rings. The number of nitrogens with one attached hydrogen (secondary N) is 1. The molecule has 0 radical (unpaired) electrons. The Hall–Kier alpha value is -1.98. The lowest BCUT2D eigenvalue weighted by molar-refractivity contribution is -0.143. The van der Waals surface area contributed by atoms with Crippen molar-refractivity contribution in [2.75, 3.05) is 13.1 Å². The Kier molecular flexibility index (Phi) is 5.46. The smallest absolute Gasteiger partial charge is 0.317 e. The van der Waals surface area contributed by atoms with Gasteiger partial charge >= 0.3 is 12.0 Å². The normalized spacial score (nSPS) is 23.1. The summed E-state index contributed by atoms with van der Waals surface area (Å²) in [7, 11) is 0. The molecular formula is C16H24N2O4. The molecule has 1 aromatic rings. The molecule has 2 amide bonds. The van der Waals surface area contributed by atoms with Crippen LogP contribution in [0.2, 0.25) is 0 Å². The number of likely N-dealkylation sites (tertiary alicyclic amines) is 1. The highest BCUT2D eigenvalue weighted by atomic mass is 16.4. The van der Waals surface area contributed by atoms with E-state index >= 15 is 0 Å². The number of amides is 2. The van der Waals surface area contributed by atoms with Crippen molar-refractivity contribution in [1.29, 1.82) is 0 Å². The van der Waals surface area contributed by atoms with E-state index in [0.717, 1.165) is 18.6 Å². The molecule has 0 saturated carbocycles. The van der Waals surface area contributed by atoms with E-state index < -0.39 is 11.9 Å². The highest BCUT2D eigenvalue weighted by Crippen LogP contribution is 2.21. The molecule has 0 aromatic carbocycles. The maximum absolute atomic E-state index is 12.3. The van der Waals surface area contributed by atoms with Gasteiger partial charge < -0.3 is 19.7 Å². The van der Waals surface area contributed by atoms with Crippen molar-refractivity contribution in [3.63, 3.8) is 0 Å². The standard InChI is InChI=1S/C16H24N2O4/c1-11-8-13(15(19)20)10-18(9-11)16(21)17-12(2)5-6-14-4-3-7-22-14/h3-4,7,11-13H,5-6,8-10H2,1-2H3,(H,17,21)(H,19,20). The number of rotatable bonds is 5. The maximum Gasteiger partial charge on any atom is 0.317 e. The Morgan fingerprint density at radius 1 is 1.50 bits per heavy atom. The Balaban J connectivity index is 1.81. The topological polar surface area (TPSA) is 82.8 Å². The van der Waals surface area contributed by atoms with Gasteiger partial charge in [-0.15, -0.1) is 0 Å². The van der Waals surface area contributed by atoms with Crippen molar-refractivity contribution in [3.8, 4) is 0 Å². The molecule has 22 heavy (non-hydrogen) atoms. The number of nitrogens with zero attached hydrogens (tertiary/aromatic N) is 1. The fraction of sp³-hybridized carbons (Fsp3) is 0.625. The van der Waals surface area contributed by atoms with E-state index in [0.29, 0.717) is 13.0 Å². The predicted molar refractivity (Wildman–Crippen MR) is 81.5 cm³/mol. The third-order valence-electron chi connectivity index (χ3n) is 4.07. The van der Waals surface area contributed by atoms with E-state index in [2.05, 4.69) is 5.32 Å². The molecule has 3 atom stereocenters. The minimum atomic E-state index is -0.824. The lowest BCUT2D eigenvalue weighted by Crippen LogP contribution is -2.51. The van der Waals surface area contributed by atoms with E-state index in [1.54, 1.807) is 11.2 Å². The summed E-state index contributed by atoms with van der Waals surface area (Å²) in [5.41, 5.74) is 0. The average Bonchev–Trinajstić information content (AvgIpc) is 2.97. The van der Waals surface area contributed by atoms with Gasteiger partial charge in [0.25, 0.3) is 0 Å². The molecule has 6 heteroatoms. The van der Waals surface area contributed by atoms with Crippen LogP contribution < -0.4 is 5.32 Å². The number of furan rings is 1. The van der Waals surface area contributed by atoms with Crippen molar-refractivity contribution in [2.24, 2.45) is 11.8 Å². The van der Waals surface area contributed by atoms with Gasteiger partial charge in [-0.1, -0.05) is 6.92 Å². The van der Waals surface area contributed by atoms with Crippen molar-refractivity contribution in [1.82, 2.24) is 10.2 Å². The monoisotopic (exact) mass is 308 g/mol. The first kappa shape index (κ1) is 16.4. The van der Waals surface area contributed by atoms with Crippen molar-refractivity contribution in [2.45, 2.75) is 39.2 Å². The molecule has 1 saturated heterocycles. The van der Waals surface area contributed by atoms with Crippen LogP contribution in [0.5, 0.6) is 0 Å². The summed E-state index contributed by atoms with van der Waals surface area (Å²) < 4.78 is 5.27.